The van der Waals surface area contributed by atoms with Gasteiger partial charge in [0.25, 0.3) is 5.91 Å². The molecule has 0 saturated carbocycles. The topological polar surface area (TPSA) is 152 Å². The molecule has 11 nitrogen and oxygen atoms in total. The Balaban J connectivity index is 0.00000172. The van der Waals surface area contributed by atoms with E-state index in [1.165, 1.54) is 13.2 Å². The lowest BCUT2D eigenvalue weighted by Gasteiger charge is -2.21. The predicted molar refractivity (Wildman–Crippen MR) is 142 cm³/mol. The third-order valence-electron chi connectivity index (χ3n) is 5.27. The van der Waals surface area contributed by atoms with Crippen molar-refractivity contribution in [3.63, 3.8) is 0 Å². The minimum absolute atomic E-state index is 0.0159. The molecule has 1 fully saturated rings. The van der Waals surface area contributed by atoms with Crippen LogP contribution in [0.25, 0.3) is 0 Å². The van der Waals surface area contributed by atoms with E-state index >= 15 is 0 Å². The maximum atomic E-state index is 12.9. The normalized spacial score (nSPS) is 16.8. The van der Waals surface area contributed by atoms with E-state index in [-0.39, 0.29) is 24.5 Å². The van der Waals surface area contributed by atoms with Crippen LogP contribution >= 0.6 is 0 Å². The molecule has 3 rings (SSSR count). The van der Waals surface area contributed by atoms with E-state index in [1.54, 1.807) is 13.8 Å². The summed E-state index contributed by atoms with van der Waals surface area (Å²) < 4.78 is 15.1. The number of hydrogen-bond donors (Lipinski definition) is 3. The number of aryl methyl sites for hydroxylation is 1. The van der Waals surface area contributed by atoms with Crippen molar-refractivity contribution in [1.29, 1.82) is 0 Å². The third kappa shape index (κ3) is 10.1. The highest BCUT2D eigenvalue weighted by Gasteiger charge is 2.50. The molecule has 1 unspecified atom stereocenters. The van der Waals surface area contributed by atoms with Crippen molar-refractivity contribution in [1.82, 2.24) is 21.1 Å². The minimum Gasteiger partial charge on any atom is -0.382 e. The first-order chi connectivity index (χ1) is 18.2. The molecular weight excluding hydrogens is 492 g/mol. The van der Waals surface area contributed by atoms with Crippen molar-refractivity contribution in [2.75, 3.05) is 26.9 Å². The Hall–Kier alpha value is -3.57. The number of hydrogen-bond acceptors (Lipinski definition) is 8. The zero-order valence-corrected chi connectivity index (χ0v) is 23.3. The highest BCUT2D eigenvalue weighted by atomic mass is 16.6. The second-order valence-corrected chi connectivity index (χ2v) is 8.22. The number of ether oxygens (including phenoxy) is 2. The SMILES string of the molecule is CC.CC.COC[C@H](NC(=O)c1cc(C)on1)C(=O)NCC(=O)N[C@@H](Cc1ccccc1)C(=O)C1(C)CO1. The summed E-state index contributed by atoms with van der Waals surface area (Å²) in [5.41, 5.74) is -0.0221. The average molecular weight is 533 g/mol. The molecule has 1 aliphatic heterocycles. The number of ketones is 1. The Morgan fingerprint density at radius 1 is 1.05 bits per heavy atom. The van der Waals surface area contributed by atoms with Crippen LogP contribution in [-0.2, 0) is 30.3 Å². The molecule has 1 aromatic heterocycles. The van der Waals surface area contributed by atoms with E-state index in [4.69, 9.17) is 14.0 Å². The number of methoxy groups -OCH3 is 1. The van der Waals surface area contributed by atoms with Crippen LogP contribution in [0, 0.1) is 6.92 Å². The van der Waals surface area contributed by atoms with Crippen molar-refractivity contribution >= 4 is 23.5 Å². The first-order valence-corrected chi connectivity index (χ1v) is 12.7. The van der Waals surface area contributed by atoms with Gasteiger partial charge in [-0.15, -0.1) is 0 Å². The number of benzene rings is 1. The maximum absolute atomic E-state index is 12.9. The largest absolute Gasteiger partial charge is 0.382 e. The lowest BCUT2D eigenvalue weighted by molar-refractivity contribution is -0.131. The van der Waals surface area contributed by atoms with Gasteiger partial charge in [0, 0.05) is 13.2 Å². The lowest BCUT2D eigenvalue weighted by Crippen LogP contribution is -2.53. The summed E-state index contributed by atoms with van der Waals surface area (Å²) in [4.78, 5) is 50.3. The molecule has 0 spiro atoms. The summed E-state index contributed by atoms with van der Waals surface area (Å²) >= 11 is 0. The Bertz CT molecular complexity index is 1040. The molecule has 3 atom stereocenters. The number of rotatable bonds is 12. The highest BCUT2D eigenvalue weighted by molar-refractivity contribution is 5.98. The average Bonchev–Trinajstić information content (AvgIpc) is 3.54. The van der Waals surface area contributed by atoms with E-state index in [1.807, 2.05) is 58.0 Å². The van der Waals surface area contributed by atoms with Gasteiger partial charge in [-0.05, 0) is 25.8 Å². The van der Waals surface area contributed by atoms with Crippen LogP contribution in [0.2, 0.25) is 0 Å². The molecule has 1 aromatic carbocycles. The fraction of sp³-hybridized carbons (Fsp3) is 0.519. The molecule has 1 saturated heterocycles. The summed E-state index contributed by atoms with van der Waals surface area (Å²) in [6.45, 7) is 11.1. The van der Waals surface area contributed by atoms with Crippen LogP contribution in [0.3, 0.4) is 0 Å². The van der Waals surface area contributed by atoms with Crippen LogP contribution in [0.15, 0.2) is 40.9 Å². The third-order valence-corrected chi connectivity index (χ3v) is 5.27. The Kier molecular flexibility index (Phi) is 13.9. The van der Waals surface area contributed by atoms with Gasteiger partial charge in [-0.3, -0.25) is 19.2 Å². The van der Waals surface area contributed by atoms with Crippen LogP contribution in [0.4, 0.5) is 0 Å². The smallest absolute Gasteiger partial charge is 0.274 e. The number of carbonyl (C=O) groups is 4. The van der Waals surface area contributed by atoms with Crippen LogP contribution in [-0.4, -0.2) is 73.2 Å². The fourth-order valence-corrected chi connectivity index (χ4v) is 3.27. The molecule has 38 heavy (non-hydrogen) atoms. The van der Waals surface area contributed by atoms with Gasteiger partial charge in [0.05, 0.1) is 25.8 Å². The molecule has 2 heterocycles. The summed E-state index contributed by atoms with van der Waals surface area (Å²) in [6.07, 6.45) is 0.289. The monoisotopic (exact) mass is 532 g/mol. The zero-order chi connectivity index (χ0) is 28.7. The second kappa shape index (κ2) is 16.3. The van der Waals surface area contributed by atoms with Gasteiger partial charge in [0.15, 0.2) is 11.5 Å². The van der Waals surface area contributed by atoms with Gasteiger partial charge in [0.1, 0.15) is 17.4 Å². The van der Waals surface area contributed by atoms with Crippen molar-refractivity contribution < 1.29 is 33.2 Å². The van der Waals surface area contributed by atoms with Gasteiger partial charge in [-0.25, -0.2) is 0 Å². The quantitative estimate of drug-likeness (QED) is 0.351. The number of epoxide rings is 1. The summed E-state index contributed by atoms with van der Waals surface area (Å²) in [6, 6.07) is 8.82. The van der Waals surface area contributed by atoms with Crippen molar-refractivity contribution in [3.8, 4) is 0 Å². The number of amides is 3. The Labute approximate surface area is 224 Å². The van der Waals surface area contributed by atoms with E-state index in [9.17, 15) is 19.2 Å². The van der Waals surface area contributed by atoms with E-state index in [0.717, 1.165) is 5.56 Å². The number of aromatic nitrogens is 1. The zero-order valence-electron chi connectivity index (χ0n) is 23.3. The minimum atomic E-state index is -1.07. The first kappa shape index (κ1) is 32.5. The Morgan fingerprint density at radius 2 is 1.68 bits per heavy atom. The van der Waals surface area contributed by atoms with Gasteiger partial charge >= 0.3 is 0 Å². The van der Waals surface area contributed by atoms with Gasteiger partial charge in [0.2, 0.25) is 11.8 Å². The van der Waals surface area contributed by atoms with Gasteiger partial charge in [-0.1, -0.05) is 63.2 Å². The Morgan fingerprint density at radius 3 is 2.21 bits per heavy atom. The molecule has 3 amide bonds. The highest BCUT2D eigenvalue weighted by Crippen LogP contribution is 2.29. The standard InChI is InChI=1S/C23H28N4O7.2C2H6/c1-14-9-17(27-34-14)22(31)26-18(12-32-3)21(30)24-11-19(28)25-16(20(29)23(2)13-33-23)10-15-7-5-4-6-8-15;2*1-2/h4-9,16,18H,10-13H2,1-3H3,(H,24,30)(H,25,28)(H,26,31);2*1-2H3/t16-,18-,23?;;/m0../s1. The molecule has 11 heteroatoms. The molecule has 0 radical (unpaired) electrons. The summed E-state index contributed by atoms with van der Waals surface area (Å²) in [7, 11) is 1.37. The first-order valence-electron chi connectivity index (χ1n) is 12.7. The van der Waals surface area contributed by atoms with E-state index in [0.29, 0.717) is 12.4 Å². The van der Waals surface area contributed by atoms with E-state index < -0.39 is 42.0 Å². The maximum Gasteiger partial charge on any atom is 0.274 e. The molecule has 2 aromatic rings. The van der Waals surface area contributed by atoms with Crippen molar-refractivity contribution in [3.05, 3.63) is 53.4 Å². The summed E-state index contributed by atoms with van der Waals surface area (Å²) in [5, 5.41) is 11.2. The molecule has 210 valence electrons. The molecule has 1 aliphatic rings. The van der Waals surface area contributed by atoms with Crippen molar-refractivity contribution in [2.45, 2.75) is 65.6 Å². The number of nitrogens with zero attached hydrogens (tertiary/aromatic N) is 1. The molecule has 0 bridgehead atoms. The summed E-state index contributed by atoms with van der Waals surface area (Å²) in [5.74, 6) is -1.59. The lowest BCUT2D eigenvalue weighted by atomic mass is 9.95. The molecular formula is C27H40N4O7. The number of Topliss-reactive ketones (excluding diaryl/α,β-unsaturated/α-hetero) is 1. The number of carbonyl (C=O) groups excluding carboxylic acids is 4. The number of nitrogens with one attached hydrogen (secondary N) is 3. The van der Waals surface area contributed by atoms with Gasteiger partial charge < -0.3 is 29.9 Å². The van der Waals surface area contributed by atoms with Gasteiger partial charge in [-0.2, -0.15) is 0 Å². The van der Waals surface area contributed by atoms with E-state index in [2.05, 4.69) is 21.1 Å². The fourth-order valence-electron chi connectivity index (χ4n) is 3.27. The van der Waals surface area contributed by atoms with Crippen molar-refractivity contribution in [2.24, 2.45) is 0 Å². The second-order valence-electron chi connectivity index (χ2n) is 8.22. The van der Waals surface area contributed by atoms with Crippen LogP contribution < -0.4 is 16.0 Å². The van der Waals surface area contributed by atoms with Crippen LogP contribution in [0.5, 0.6) is 0 Å². The predicted octanol–water partition coefficient (Wildman–Crippen LogP) is 1.98. The molecule has 0 aliphatic carbocycles. The van der Waals surface area contributed by atoms with Crippen LogP contribution in [0.1, 0.15) is 56.4 Å². The molecule has 3 N–H and O–H groups in total.